The number of aromatic nitrogens is 4. The summed E-state index contributed by atoms with van der Waals surface area (Å²) in [4.78, 5) is 21.8. The van der Waals surface area contributed by atoms with Crippen molar-refractivity contribution in [2.24, 2.45) is 7.05 Å². The highest BCUT2D eigenvalue weighted by molar-refractivity contribution is 5.73. The van der Waals surface area contributed by atoms with E-state index in [4.69, 9.17) is 9.47 Å². The van der Waals surface area contributed by atoms with Gasteiger partial charge in [-0.3, -0.25) is 9.13 Å². The van der Waals surface area contributed by atoms with E-state index in [1.165, 1.54) is 5.56 Å². The zero-order chi connectivity index (χ0) is 18.5. The number of nitrogens with one attached hydrogen (secondary N) is 1. The molecule has 0 spiro atoms. The molecule has 1 fully saturated rings. The molecule has 1 N–H and O–H groups in total. The van der Waals surface area contributed by atoms with E-state index in [2.05, 4.69) is 21.4 Å². The minimum absolute atomic E-state index is 0.0165. The molecular weight excluding hydrogens is 346 g/mol. The Morgan fingerprint density at radius 2 is 2.19 bits per heavy atom. The van der Waals surface area contributed by atoms with Gasteiger partial charge < -0.3 is 14.8 Å². The Balaban J connectivity index is 1.57. The molecule has 0 bridgehead atoms. The fourth-order valence-corrected chi connectivity index (χ4v) is 3.83. The quantitative estimate of drug-likeness (QED) is 0.763. The third kappa shape index (κ3) is 2.59. The highest BCUT2D eigenvalue weighted by Gasteiger charge is 2.24. The number of hydrogen-bond acceptors (Lipinski definition) is 6. The first kappa shape index (κ1) is 16.3. The summed E-state index contributed by atoms with van der Waals surface area (Å²) in [7, 11) is 1.75. The number of hydrogen-bond donors (Lipinski definition) is 1. The molecule has 0 amide bonds. The van der Waals surface area contributed by atoms with Gasteiger partial charge in [0.15, 0.2) is 5.65 Å². The molecule has 1 atom stereocenters. The van der Waals surface area contributed by atoms with E-state index in [1.807, 2.05) is 13.0 Å². The summed E-state index contributed by atoms with van der Waals surface area (Å²) in [5.41, 5.74) is 4.47. The maximum absolute atomic E-state index is 12.7. The lowest BCUT2D eigenvalue weighted by atomic mass is 10.1. The van der Waals surface area contributed by atoms with Crippen molar-refractivity contribution in [2.45, 2.75) is 25.8 Å². The van der Waals surface area contributed by atoms with Gasteiger partial charge in [-0.2, -0.15) is 4.98 Å². The van der Waals surface area contributed by atoms with E-state index >= 15 is 0 Å². The molecule has 1 aromatic carbocycles. The van der Waals surface area contributed by atoms with Crippen molar-refractivity contribution in [3.8, 4) is 5.75 Å². The highest BCUT2D eigenvalue weighted by atomic mass is 16.5. The number of fused-ring (bicyclic) bond motifs is 2. The molecule has 0 aliphatic carbocycles. The van der Waals surface area contributed by atoms with Crippen LogP contribution in [0, 0.1) is 6.92 Å². The first-order valence-corrected chi connectivity index (χ1v) is 9.17. The van der Waals surface area contributed by atoms with Crippen molar-refractivity contribution >= 4 is 22.8 Å². The third-order valence-corrected chi connectivity index (χ3v) is 5.39. The molecule has 4 heterocycles. The first-order chi connectivity index (χ1) is 13.1. The van der Waals surface area contributed by atoms with E-state index < -0.39 is 0 Å². The lowest BCUT2D eigenvalue weighted by molar-refractivity contribution is 0.186. The molecule has 5 rings (SSSR count). The van der Waals surface area contributed by atoms with E-state index in [0.29, 0.717) is 24.8 Å². The second-order valence-corrected chi connectivity index (χ2v) is 7.13. The van der Waals surface area contributed by atoms with E-state index in [0.717, 1.165) is 42.0 Å². The average Bonchev–Trinajstić information content (AvgIpc) is 3.37. The van der Waals surface area contributed by atoms with E-state index in [-0.39, 0.29) is 11.7 Å². The monoisotopic (exact) mass is 367 g/mol. The summed E-state index contributed by atoms with van der Waals surface area (Å²) in [6, 6.07) is 4.15. The summed E-state index contributed by atoms with van der Waals surface area (Å²) in [5, 5.41) is 3.31. The highest BCUT2D eigenvalue weighted by Crippen LogP contribution is 2.32. The van der Waals surface area contributed by atoms with E-state index in [1.54, 1.807) is 22.4 Å². The minimum Gasteiger partial charge on any atom is -0.493 e. The van der Waals surface area contributed by atoms with Gasteiger partial charge in [0.25, 0.3) is 0 Å². The molecule has 0 saturated carbocycles. The van der Waals surface area contributed by atoms with Gasteiger partial charge in [-0.05, 0) is 36.6 Å². The topological polar surface area (TPSA) is 83.2 Å². The second kappa shape index (κ2) is 6.09. The molecular formula is C19H21N5O3. The molecule has 1 saturated heterocycles. The van der Waals surface area contributed by atoms with Crippen LogP contribution in [0.25, 0.3) is 11.2 Å². The largest absolute Gasteiger partial charge is 0.493 e. The van der Waals surface area contributed by atoms with Crippen molar-refractivity contribution in [3.63, 3.8) is 0 Å². The standard InChI is InChI=1S/C19H21N5O3/c1-11-7-16-12(3-6-27-16)8-14(11)21-18-20-9-15-17(22-18)24(19(25)23(15)2)13-4-5-26-10-13/h7-9,13H,3-6,10H2,1-2H3,(H,20,21,22)/t13-/m1/s1. The molecule has 2 aliphatic heterocycles. The zero-order valence-electron chi connectivity index (χ0n) is 15.4. The van der Waals surface area contributed by atoms with Gasteiger partial charge in [0, 0.05) is 25.8 Å². The van der Waals surface area contributed by atoms with Gasteiger partial charge in [-0.1, -0.05) is 0 Å². The van der Waals surface area contributed by atoms with Crippen LogP contribution in [0.2, 0.25) is 0 Å². The Bertz CT molecular complexity index is 1090. The number of imidazole rings is 1. The summed E-state index contributed by atoms with van der Waals surface area (Å²) in [5.74, 6) is 1.43. The molecule has 2 aliphatic rings. The van der Waals surface area contributed by atoms with Crippen LogP contribution in [0.5, 0.6) is 5.75 Å². The van der Waals surface area contributed by atoms with Crippen molar-refractivity contribution in [1.29, 1.82) is 0 Å². The summed E-state index contributed by atoms with van der Waals surface area (Å²) >= 11 is 0. The van der Waals surface area contributed by atoms with Gasteiger partial charge >= 0.3 is 5.69 Å². The molecule has 2 aromatic heterocycles. The van der Waals surface area contributed by atoms with Crippen LogP contribution in [-0.2, 0) is 18.2 Å². The molecule has 8 nitrogen and oxygen atoms in total. The van der Waals surface area contributed by atoms with Crippen LogP contribution in [0.4, 0.5) is 11.6 Å². The maximum atomic E-state index is 12.7. The van der Waals surface area contributed by atoms with Crippen LogP contribution in [-0.4, -0.2) is 38.9 Å². The van der Waals surface area contributed by atoms with Gasteiger partial charge in [-0.25, -0.2) is 9.78 Å². The second-order valence-electron chi connectivity index (χ2n) is 7.13. The number of anilines is 2. The molecule has 140 valence electrons. The molecule has 3 aromatic rings. The lowest BCUT2D eigenvalue weighted by Gasteiger charge is -2.12. The van der Waals surface area contributed by atoms with Crippen LogP contribution >= 0.6 is 0 Å². The Kier molecular flexibility index (Phi) is 3.68. The van der Waals surface area contributed by atoms with Crippen molar-refractivity contribution in [3.05, 3.63) is 39.9 Å². The Morgan fingerprint density at radius 3 is 3.00 bits per heavy atom. The fourth-order valence-electron chi connectivity index (χ4n) is 3.83. The number of rotatable bonds is 3. The Morgan fingerprint density at radius 1 is 1.30 bits per heavy atom. The summed E-state index contributed by atoms with van der Waals surface area (Å²) < 4.78 is 14.4. The van der Waals surface area contributed by atoms with Crippen LogP contribution in [0.15, 0.2) is 23.1 Å². The Labute approximate surface area is 155 Å². The third-order valence-electron chi connectivity index (χ3n) is 5.39. The minimum atomic E-state index is -0.0854. The van der Waals surface area contributed by atoms with Gasteiger partial charge in [-0.15, -0.1) is 0 Å². The number of aryl methyl sites for hydroxylation is 2. The molecule has 27 heavy (non-hydrogen) atoms. The SMILES string of the molecule is Cc1cc2c(cc1Nc1ncc3c(n1)n([C@@H]1CCOC1)c(=O)n3C)CCO2. The normalized spacial score (nSPS) is 18.7. The van der Waals surface area contributed by atoms with Gasteiger partial charge in [0.1, 0.15) is 11.3 Å². The van der Waals surface area contributed by atoms with Crippen LogP contribution in [0.3, 0.4) is 0 Å². The van der Waals surface area contributed by atoms with Crippen LogP contribution in [0.1, 0.15) is 23.6 Å². The predicted octanol–water partition coefficient (Wildman–Crippen LogP) is 2.08. The molecule has 0 radical (unpaired) electrons. The maximum Gasteiger partial charge on any atom is 0.330 e. The van der Waals surface area contributed by atoms with Crippen molar-refractivity contribution in [2.75, 3.05) is 25.1 Å². The fraction of sp³-hybridized carbons (Fsp3) is 0.421. The van der Waals surface area contributed by atoms with Gasteiger partial charge in [0.2, 0.25) is 5.95 Å². The molecule has 8 heteroatoms. The van der Waals surface area contributed by atoms with Crippen molar-refractivity contribution in [1.82, 2.24) is 19.1 Å². The number of benzene rings is 1. The Hall–Kier alpha value is -2.87. The smallest absolute Gasteiger partial charge is 0.330 e. The summed E-state index contributed by atoms with van der Waals surface area (Å²) in [6.45, 7) is 3.95. The first-order valence-electron chi connectivity index (χ1n) is 9.17. The van der Waals surface area contributed by atoms with E-state index in [9.17, 15) is 4.79 Å². The average molecular weight is 367 g/mol. The van der Waals surface area contributed by atoms with Gasteiger partial charge in [0.05, 0.1) is 25.5 Å². The summed E-state index contributed by atoms with van der Waals surface area (Å²) in [6.07, 6.45) is 3.42. The zero-order valence-corrected chi connectivity index (χ0v) is 15.4. The lowest BCUT2D eigenvalue weighted by Crippen LogP contribution is -2.26. The van der Waals surface area contributed by atoms with Crippen molar-refractivity contribution < 1.29 is 9.47 Å². The number of nitrogens with zero attached hydrogens (tertiary/aromatic N) is 4. The number of ether oxygens (including phenoxy) is 2. The molecule has 0 unspecified atom stereocenters. The van der Waals surface area contributed by atoms with Crippen LogP contribution < -0.4 is 15.7 Å². The predicted molar refractivity (Wildman–Crippen MR) is 101 cm³/mol.